The number of aromatic carboxylic acids is 1. The maximum Gasteiger partial charge on any atom is 0.335 e. The number of allylic oxidation sites excluding steroid dienone is 1. The van der Waals surface area contributed by atoms with Gasteiger partial charge >= 0.3 is 5.97 Å². The number of carboxylic acids is 1. The summed E-state index contributed by atoms with van der Waals surface area (Å²) in [6, 6.07) is 12.5. The molecule has 3 nitrogen and oxygen atoms in total. The highest BCUT2D eigenvalue weighted by molar-refractivity contribution is 9.10. The molecule has 0 saturated heterocycles. The Morgan fingerprint density at radius 2 is 1.82 bits per heavy atom. The number of carboxylic acid groups (broad SMARTS) is 1. The smallest absolute Gasteiger partial charge is 0.335 e. The van der Waals surface area contributed by atoms with E-state index in [1.54, 1.807) is 12.1 Å². The first-order valence-corrected chi connectivity index (χ1v) is 7.71. The van der Waals surface area contributed by atoms with Crippen molar-refractivity contribution in [1.29, 1.82) is 0 Å². The predicted molar refractivity (Wildman–Crippen MR) is 88.2 cm³/mol. The quantitative estimate of drug-likeness (QED) is 0.813. The molecule has 0 fully saturated rings. The van der Waals surface area contributed by atoms with Gasteiger partial charge in [-0.1, -0.05) is 34.1 Å². The fourth-order valence-electron chi connectivity index (χ4n) is 2.59. The van der Waals surface area contributed by atoms with Gasteiger partial charge in [0.2, 0.25) is 0 Å². The molecule has 0 aliphatic heterocycles. The van der Waals surface area contributed by atoms with Crippen LogP contribution in [-0.4, -0.2) is 16.9 Å². The molecule has 2 aromatic carbocycles. The van der Waals surface area contributed by atoms with Crippen molar-refractivity contribution in [2.75, 3.05) is 0 Å². The molecule has 0 bridgehead atoms. The van der Waals surface area contributed by atoms with Crippen molar-refractivity contribution in [3.63, 3.8) is 0 Å². The van der Waals surface area contributed by atoms with Gasteiger partial charge in [0.1, 0.15) is 0 Å². The topological polar surface area (TPSA) is 54.4 Å². The second-order valence-electron chi connectivity index (χ2n) is 5.23. The van der Waals surface area contributed by atoms with Crippen LogP contribution < -0.4 is 0 Å². The van der Waals surface area contributed by atoms with Crippen LogP contribution in [-0.2, 0) is 6.42 Å². The van der Waals surface area contributed by atoms with Crippen LogP contribution in [0.5, 0.6) is 0 Å². The standard InChI is InChI=1S/C18H13BrO3/c19-15-7-1-11(2-8-15)9-13-5-3-12-4-6-14(18(21)22)10-16(12)17(13)20/h1-2,4,6-10H,3,5H2,(H,21,22)/b13-9+. The fraction of sp³-hybridized carbons (Fsp3) is 0.111. The van der Waals surface area contributed by atoms with Crippen molar-refractivity contribution in [2.24, 2.45) is 0 Å². The van der Waals surface area contributed by atoms with E-state index >= 15 is 0 Å². The highest BCUT2D eigenvalue weighted by Crippen LogP contribution is 2.27. The number of hydrogen-bond acceptors (Lipinski definition) is 2. The number of benzene rings is 2. The summed E-state index contributed by atoms with van der Waals surface area (Å²) in [6.45, 7) is 0. The minimum absolute atomic E-state index is 0.0766. The van der Waals surface area contributed by atoms with E-state index in [9.17, 15) is 9.59 Å². The van der Waals surface area contributed by atoms with Crippen LogP contribution >= 0.6 is 15.9 Å². The lowest BCUT2D eigenvalue weighted by Crippen LogP contribution is -2.15. The number of halogens is 1. The molecule has 0 atom stereocenters. The molecular formula is C18H13BrO3. The Kier molecular flexibility index (Phi) is 3.94. The molecule has 1 N–H and O–H groups in total. The molecule has 1 aliphatic carbocycles. The zero-order valence-electron chi connectivity index (χ0n) is 11.7. The zero-order valence-corrected chi connectivity index (χ0v) is 13.3. The van der Waals surface area contributed by atoms with Gasteiger partial charge in [-0.25, -0.2) is 4.79 Å². The van der Waals surface area contributed by atoms with Crippen molar-refractivity contribution < 1.29 is 14.7 Å². The highest BCUT2D eigenvalue weighted by atomic mass is 79.9. The number of carbonyl (C=O) groups excluding carboxylic acids is 1. The van der Waals surface area contributed by atoms with Gasteiger partial charge in [0.15, 0.2) is 5.78 Å². The number of rotatable bonds is 2. The summed E-state index contributed by atoms with van der Waals surface area (Å²) in [5.41, 5.74) is 3.26. The van der Waals surface area contributed by atoms with Gasteiger partial charge in [-0.3, -0.25) is 4.79 Å². The van der Waals surface area contributed by atoms with Crippen LogP contribution in [0.4, 0.5) is 0 Å². The minimum atomic E-state index is -1.01. The summed E-state index contributed by atoms with van der Waals surface area (Å²) in [4.78, 5) is 23.7. The molecule has 0 spiro atoms. The van der Waals surface area contributed by atoms with Gasteiger partial charge in [-0.05, 0) is 54.3 Å². The van der Waals surface area contributed by atoms with E-state index in [2.05, 4.69) is 15.9 Å². The highest BCUT2D eigenvalue weighted by Gasteiger charge is 2.23. The molecule has 0 radical (unpaired) electrons. The van der Waals surface area contributed by atoms with Gasteiger partial charge in [0.25, 0.3) is 0 Å². The lowest BCUT2D eigenvalue weighted by Gasteiger charge is -2.18. The second kappa shape index (κ2) is 5.89. The van der Waals surface area contributed by atoms with Crippen molar-refractivity contribution >= 4 is 33.8 Å². The number of Topliss-reactive ketones (excluding diaryl/α,β-unsaturated/α-hetero) is 1. The van der Waals surface area contributed by atoms with Gasteiger partial charge in [-0.2, -0.15) is 0 Å². The lowest BCUT2D eigenvalue weighted by atomic mass is 9.85. The Balaban J connectivity index is 1.98. The molecule has 0 aromatic heterocycles. The molecule has 0 heterocycles. The third kappa shape index (κ3) is 2.88. The van der Waals surface area contributed by atoms with E-state index in [1.807, 2.05) is 30.3 Å². The van der Waals surface area contributed by atoms with Crippen LogP contribution in [0.3, 0.4) is 0 Å². The summed E-state index contributed by atoms with van der Waals surface area (Å²) in [7, 11) is 0. The SMILES string of the molecule is O=C(O)c1ccc2c(c1)C(=O)/C(=C/c1ccc(Br)cc1)CC2. The molecule has 0 saturated carbocycles. The molecule has 4 heteroatoms. The first-order valence-electron chi connectivity index (χ1n) is 6.91. The number of ketones is 1. The number of aryl methyl sites for hydroxylation is 1. The maximum atomic E-state index is 12.6. The zero-order chi connectivity index (χ0) is 15.7. The average molecular weight is 357 g/mol. The van der Waals surface area contributed by atoms with Gasteiger partial charge in [0, 0.05) is 15.6 Å². The number of hydrogen-bond donors (Lipinski definition) is 1. The van der Waals surface area contributed by atoms with Crippen molar-refractivity contribution in [2.45, 2.75) is 12.8 Å². The largest absolute Gasteiger partial charge is 0.478 e. The van der Waals surface area contributed by atoms with E-state index in [4.69, 9.17) is 5.11 Å². The molecule has 3 rings (SSSR count). The summed E-state index contributed by atoms with van der Waals surface area (Å²) in [6.07, 6.45) is 3.31. The van der Waals surface area contributed by atoms with E-state index in [0.29, 0.717) is 12.0 Å². The predicted octanol–water partition coefficient (Wildman–Crippen LogP) is 4.36. The monoisotopic (exact) mass is 356 g/mol. The molecule has 2 aromatic rings. The van der Waals surface area contributed by atoms with Crippen LogP contribution in [0.2, 0.25) is 0 Å². The van der Waals surface area contributed by atoms with E-state index < -0.39 is 5.97 Å². The van der Waals surface area contributed by atoms with Crippen LogP contribution in [0, 0.1) is 0 Å². The normalized spacial score (nSPS) is 15.7. The van der Waals surface area contributed by atoms with E-state index in [-0.39, 0.29) is 11.3 Å². The Morgan fingerprint density at radius 3 is 2.50 bits per heavy atom. The molecule has 0 amide bonds. The van der Waals surface area contributed by atoms with Crippen LogP contribution in [0.15, 0.2) is 52.5 Å². The van der Waals surface area contributed by atoms with Crippen molar-refractivity contribution in [1.82, 2.24) is 0 Å². The fourth-order valence-corrected chi connectivity index (χ4v) is 2.86. The molecule has 0 unspecified atom stereocenters. The van der Waals surface area contributed by atoms with E-state index in [0.717, 1.165) is 27.6 Å². The molecule has 22 heavy (non-hydrogen) atoms. The van der Waals surface area contributed by atoms with Crippen LogP contribution in [0.1, 0.15) is 38.3 Å². The van der Waals surface area contributed by atoms with Gasteiger partial charge in [0.05, 0.1) is 5.56 Å². The van der Waals surface area contributed by atoms with Crippen molar-refractivity contribution in [3.8, 4) is 0 Å². The molecular weight excluding hydrogens is 344 g/mol. The Labute approximate surface area is 136 Å². The summed E-state index contributed by atoms with van der Waals surface area (Å²) >= 11 is 3.38. The van der Waals surface area contributed by atoms with Gasteiger partial charge < -0.3 is 5.11 Å². The van der Waals surface area contributed by atoms with E-state index in [1.165, 1.54) is 6.07 Å². The average Bonchev–Trinajstić information content (AvgIpc) is 2.52. The summed E-state index contributed by atoms with van der Waals surface area (Å²) in [5.74, 6) is -1.09. The lowest BCUT2D eigenvalue weighted by molar-refractivity contribution is 0.0697. The Hall–Kier alpha value is -2.20. The number of carbonyl (C=O) groups is 2. The third-order valence-corrected chi connectivity index (χ3v) is 4.30. The maximum absolute atomic E-state index is 12.6. The summed E-state index contributed by atoms with van der Waals surface area (Å²) in [5, 5.41) is 9.07. The second-order valence-corrected chi connectivity index (χ2v) is 6.14. The Bertz CT molecular complexity index is 788. The summed E-state index contributed by atoms with van der Waals surface area (Å²) < 4.78 is 0.987. The molecule has 1 aliphatic rings. The minimum Gasteiger partial charge on any atom is -0.478 e. The first-order chi connectivity index (χ1) is 10.5. The number of fused-ring (bicyclic) bond motifs is 1. The first kappa shape index (κ1) is 14.7. The van der Waals surface area contributed by atoms with Crippen molar-refractivity contribution in [3.05, 3.63) is 74.8 Å². The Morgan fingerprint density at radius 1 is 1.09 bits per heavy atom. The third-order valence-electron chi connectivity index (χ3n) is 3.77. The molecule has 110 valence electrons. The van der Waals surface area contributed by atoms with Gasteiger partial charge in [-0.15, -0.1) is 0 Å². The van der Waals surface area contributed by atoms with Crippen LogP contribution in [0.25, 0.3) is 6.08 Å².